The Morgan fingerprint density at radius 3 is 1.06 bits per heavy atom. The number of esters is 2. The lowest BCUT2D eigenvalue weighted by atomic mass is 9.79. The third kappa shape index (κ3) is 8.62. The largest absolute Gasteiger partial charge is 0.422 e. The first-order valence-electron chi connectivity index (χ1n) is 23.2. The van der Waals surface area contributed by atoms with Crippen LogP contribution in [-0.4, -0.2) is 11.9 Å². The van der Waals surface area contributed by atoms with Gasteiger partial charge in [-0.1, -0.05) is 173 Å². The molecule has 2 aliphatic carbocycles. The molecule has 0 bridgehead atoms. The van der Waals surface area contributed by atoms with E-state index in [4.69, 9.17) is 9.47 Å². The van der Waals surface area contributed by atoms with Crippen LogP contribution < -0.4 is 9.47 Å². The summed E-state index contributed by atoms with van der Waals surface area (Å²) in [6.07, 6.45) is 10.2. The zero-order chi connectivity index (χ0) is 43.6. The standard InChI is InChI=1S/C60H54O4/c1-39-11-15-41(16-12-39)43-19-23-45(24-20-43)47-27-31-51(32-28-47)59(61)63-55-37-35-49-7-3-5-9-53(49)57(55)58-54-10-6-4-8-50(54)36-38-56(58)64-60(62)52-33-29-48(30-34-52)46-25-21-44(22-26-46)42-17-13-40(2)14-18-42/h3-10,19-42H,11-18H2,1-2H3. The highest BCUT2D eigenvalue weighted by Gasteiger charge is 2.24. The van der Waals surface area contributed by atoms with E-state index < -0.39 is 11.9 Å². The van der Waals surface area contributed by atoms with Gasteiger partial charge in [0.15, 0.2) is 0 Å². The van der Waals surface area contributed by atoms with Crippen molar-refractivity contribution < 1.29 is 19.1 Å². The van der Waals surface area contributed by atoms with Crippen LogP contribution in [0.5, 0.6) is 11.5 Å². The number of hydrogen-bond acceptors (Lipinski definition) is 4. The van der Waals surface area contributed by atoms with Gasteiger partial charge >= 0.3 is 11.9 Å². The van der Waals surface area contributed by atoms with Gasteiger partial charge in [-0.2, -0.15) is 0 Å². The van der Waals surface area contributed by atoms with Gasteiger partial charge in [-0.3, -0.25) is 0 Å². The van der Waals surface area contributed by atoms with Gasteiger partial charge < -0.3 is 9.47 Å². The maximum Gasteiger partial charge on any atom is 0.343 e. The second-order valence-electron chi connectivity index (χ2n) is 18.4. The molecule has 2 saturated carbocycles. The van der Waals surface area contributed by atoms with Crippen molar-refractivity contribution in [3.05, 3.63) is 192 Å². The van der Waals surface area contributed by atoms with E-state index in [1.807, 2.05) is 121 Å². The Morgan fingerprint density at radius 1 is 0.375 bits per heavy atom. The molecule has 8 aromatic carbocycles. The second-order valence-corrected chi connectivity index (χ2v) is 18.4. The van der Waals surface area contributed by atoms with Crippen molar-refractivity contribution >= 4 is 33.5 Å². The van der Waals surface area contributed by atoms with Crippen LogP contribution in [-0.2, 0) is 0 Å². The smallest absolute Gasteiger partial charge is 0.343 e. The van der Waals surface area contributed by atoms with Gasteiger partial charge in [-0.15, -0.1) is 0 Å². The lowest BCUT2D eigenvalue weighted by Gasteiger charge is -2.26. The SMILES string of the molecule is CC1CCC(c2ccc(-c3ccc(C(=O)Oc4ccc5ccccc5c4-c4c(OC(=O)c5ccc(-c6ccc(C7CCC(C)CC7)cc6)cc5)ccc5ccccc45)cc3)cc2)CC1. The summed E-state index contributed by atoms with van der Waals surface area (Å²) in [5.41, 5.74) is 9.40. The van der Waals surface area contributed by atoms with Gasteiger partial charge in [-0.25, -0.2) is 9.59 Å². The first-order chi connectivity index (χ1) is 31.3. The number of carbonyl (C=O) groups is 2. The van der Waals surface area contributed by atoms with Crippen molar-refractivity contribution in [2.75, 3.05) is 0 Å². The fourth-order valence-corrected chi connectivity index (χ4v) is 10.2. The molecule has 64 heavy (non-hydrogen) atoms. The summed E-state index contributed by atoms with van der Waals surface area (Å²) in [5.74, 6) is 2.75. The van der Waals surface area contributed by atoms with Gasteiger partial charge in [0.1, 0.15) is 11.5 Å². The van der Waals surface area contributed by atoms with Crippen molar-refractivity contribution in [2.45, 2.75) is 77.0 Å². The van der Waals surface area contributed by atoms with Crippen LogP contribution in [0.25, 0.3) is 54.9 Å². The molecule has 0 aliphatic heterocycles. The average molecular weight is 839 g/mol. The first-order valence-corrected chi connectivity index (χ1v) is 23.2. The van der Waals surface area contributed by atoms with Crippen LogP contribution >= 0.6 is 0 Å². The molecule has 2 fully saturated rings. The molecule has 0 saturated heterocycles. The average Bonchev–Trinajstić information content (AvgIpc) is 3.35. The predicted octanol–water partition coefficient (Wildman–Crippen LogP) is 16.0. The van der Waals surface area contributed by atoms with Crippen LogP contribution in [0.15, 0.2) is 170 Å². The number of benzene rings is 8. The van der Waals surface area contributed by atoms with Crippen LogP contribution in [0.4, 0.5) is 0 Å². The Balaban J connectivity index is 0.921. The lowest BCUT2D eigenvalue weighted by molar-refractivity contribution is 0.0723. The lowest BCUT2D eigenvalue weighted by Crippen LogP contribution is -2.11. The van der Waals surface area contributed by atoms with Crippen LogP contribution in [0.1, 0.15) is 109 Å². The van der Waals surface area contributed by atoms with Crippen molar-refractivity contribution in [3.63, 3.8) is 0 Å². The first kappa shape index (κ1) is 41.2. The normalized spacial score (nSPS) is 18.7. The molecule has 4 heteroatoms. The summed E-state index contributed by atoms with van der Waals surface area (Å²) in [7, 11) is 0. The van der Waals surface area contributed by atoms with Gasteiger partial charge in [0.2, 0.25) is 0 Å². The molecule has 4 nitrogen and oxygen atoms in total. The molecule has 2 aliphatic rings. The van der Waals surface area contributed by atoms with Crippen LogP contribution in [0.3, 0.4) is 0 Å². The molecule has 0 unspecified atom stereocenters. The number of ether oxygens (including phenoxy) is 2. The number of carbonyl (C=O) groups excluding carboxylic acids is 2. The fraction of sp³-hybridized carbons (Fsp3) is 0.233. The third-order valence-corrected chi connectivity index (χ3v) is 14.1. The molecule has 318 valence electrons. The van der Waals surface area contributed by atoms with E-state index >= 15 is 0 Å². The van der Waals surface area contributed by atoms with Gasteiger partial charge in [0, 0.05) is 11.1 Å². The molecule has 0 atom stereocenters. The minimum atomic E-state index is -0.470. The summed E-state index contributed by atoms with van der Waals surface area (Å²) in [6, 6.07) is 56.8. The van der Waals surface area contributed by atoms with Crippen molar-refractivity contribution in [1.29, 1.82) is 0 Å². The zero-order valence-electron chi connectivity index (χ0n) is 36.8. The van der Waals surface area contributed by atoms with E-state index in [0.29, 0.717) is 45.6 Å². The monoisotopic (exact) mass is 838 g/mol. The molecule has 0 spiro atoms. The molecule has 0 aromatic heterocycles. The van der Waals surface area contributed by atoms with E-state index in [2.05, 4.69) is 62.4 Å². The molecular formula is C60H54O4. The predicted molar refractivity (Wildman–Crippen MR) is 261 cm³/mol. The van der Waals surface area contributed by atoms with E-state index in [9.17, 15) is 9.59 Å². The van der Waals surface area contributed by atoms with E-state index in [0.717, 1.165) is 55.6 Å². The van der Waals surface area contributed by atoms with Gasteiger partial charge in [0.25, 0.3) is 0 Å². The molecular weight excluding hydrogens is 785 g/mol. The molecule has 8 aromatic rings. The molecule has 0 amide bonds. The Kier molecular flexibility index (Phi) is 11.7. The topological polar surface area (TPSA) is 52.6 Å². The second kappa shape index (κ2) is 18.1. The zero-order valence-corrected chi connectivity index (χ0v) is 36.8. The van der Waals surface area contributed by atoms with Gasteiger partial charge in [-0.05, 0) is 141 Å². The van der Waals surface area contributed by atoms with Crippen molar-refractivity contribution in [1.82, 2.24) is 0 Å². The van der Waals surface area contributed by atoms with E-state index in [-0.39, 0.29) is 0 Å². The van der Waals surface area contributed by atoms with Gasteiger partial charge in [0.05, 0.1) is 11.1 Å². The van der Waals surface area contributed by atoms with Crippen molar-refractivity contribution in [3.8, 4) is 44.9 Å². The fourth-order valence-electron chi connectivity index (χ4n) is 10.2. The summed E-state index contributed by atoms with van der Waals surface area (Å²) >= 11 is 0. The summed E-state index contributed by atoms with van der Waals surface area (Å²) in [6.45, 7) is 4.72. The van der Waals surface area contributed by atoms with E-state index in [1.54, 1.807) is 0 Å². The summed E-state index contributed by atoms with van der Waals surface area (Å²) < 4.78 is 12.7. The third-order valence-electron chi connectivity index (χ3n) is 14.1. The minimum Gasteiger partial charge on any atom is -0.422 e. The minimum absolute atomic E-state index is 0.377. The summed E-state index contributed by atoms with van der Waals surface area (Å²) in [4.78, 5) is 28.1. The quantitative estimate of drug-likeness (QED) is 0.107. The molecule has 0 heterocycles. The highest BCUT2D eigenvalue weighted by atomic mass is 16.5. The van der Waals surface area contributed by atoms with Crippen molar-refractivity contribution in [2.24, 2.45) is 11.8 Å². The number of rotatable bonds is 9. The number of hydrogen-bond donors (Lipinski definition) is 0. The Hall–Kier alpha value is -6.78. The molecule has 10 rings (SSSR count). The molecule has 0 radical (unpaired) electrons. The highest BCUT2D eigenvalue weighted by Crippen LogP contribution is 2.46. The molecule has 0 N–H and O–H groups in total. The Bertz CT molecular complexity index is 2730. The van der Waals surface area contributed by atoms with Crippen LogP contribution in [0, 0.1) is 11.8 Å². The number of fused-ring (bicyclic) bond motifs is 2. The Morgan fingerprint density at radius 2 is 0.703 bits per heavy atom. The maximum absolute atomic E-state index is 14.1. The maximum atomic E-state index is 14.1. The Labute approximate surface area is 376 Å². The highest BCUT2D eigenvalue weighted by molar-refractivity contribution is 6.11. The van der Waals surface area contributed by atoms with Crippen LogP contribution in [0.2, 0.25) is 0 Å². The summed E-state index contributed by atoms with van der Waals surface area (Å²) in [5, 5.41) is 3.67. The van der Waals surface area contributed by atoms with E-state index in [1.165, 1.54) is 62.5 Å².